The number of ether oxygens (including phenoxy) is 2. The first-order valence-corrected chi connectivity index (χ1v) is 6.94. The molecule has 0 aliphatic carbocycles. The van der Waals surface area contributed by atoms with Crippen LogP contribution in [-0.4, -0.2) is 62.9 Å². The van der Waals surface area contributed by atoms with Crippen LogP contribution in [0.1, 0.15) is 19.8 Å². The molecule has 0 spiro atoms. The molecule has 0 aromatic rings. The maximum absolute atomic E-state index is 12.0. The zero-order chi connectivity index (χ0) is 12.8. The Labute approximate surface area is 109 Å². The summed E-state index contributed by atoms with van der Waals surface area (Å²) in [5.41, 5.74) is 0. The third-order valence-corrected chi connectivity index (χ3v) is 3.91. The molecule has 0 radical (unpaired) electrons. The monoisotopic (exact) mass is 256 g/mol. The van der Waals surface area contributed by atoms with E-state index >= 15 is 0 Å². The van der Waals surface area contributed by atoms with Gasteiger partial charge in [0, 0.05) is 32.3 Å². The summed E-state index contributed by atoms with van der Waals surface area (Å²) in [6.07, 6.45) is 2.19. The Morgan fingerprint density at radius 1 is 1.22 bits per heavy atom. The van der Waals surface area contributed by atoms with Crippen molar-refractivity contribution in [1.82, 2.24) is 10.2 Å². The van der Waals surface area contributed by atoms with Crippen LogP contribution in [0.25, 0.3) is 0 Å². The number of carbonyl (C=O) groups is 1. The summed E-state index contributed by atoms with van der Waals surface area (Å²) in [6.45, 7) is 7.12. The molecule has 5 nitrogen and oxygen atoms in total. The van der Waals surface area contributed by atoms with Gasteiger partial charge in [-0.15, -0.1) is 0 Å². The van der Waals surface area contributed by atoms with Gasteiger partial charge in [0.25, 0.3) is 0 Å². The second-order valence-corrected chi connectivity index (χ2v) is 5.11. The predicted octanol–water partition coefficient (Wildman–Crippen LogP) is 0.250. The summed E-state index contributed by atoms with van der Waals surface area (Å²) in [6, 6.07) is 0.388. The van der Waals surface area contributed by atoms with Gasteiger partial charge in [0.15, 0.2) is 0 Å². The Kier molecular flexibility index (Phi) is 5.41. The molecule has 1 N–H and O–H groups in total. The van der Waals surface area contributed by atoms with Crippen LogP contribution < -0.4 is 5.32 Å². The maximum Gasteiger partial charge on any atom is 0.236 e. The van der Waals surface area contributed by atoms with Crippen molar-refractivity contribution in [3.63, 3.8) is 0 Å². The molecule has 104 valence electrons. The minimum absolute atomic E-state index is 0.192. The largest absolute Gasteiger partial charge is 0.381 e. The fraction of sp³-hybridized carbons (Fsp3) is 0.923. The summed E-state index contributed by atoms with van der Waals surface area (Å²) >= 11 is 0. The third-order valence-electron chi connectivity index (χ3n) is 3.91. The number of hydrogen-bond acceptors (Lipinski definition) is 4. The van der Waals surface area contributed by atoms with E-state index in [0.717, 1.165) is 39.1 Å². The molecular weight excluding hydrogens is 232 g/mol. The van der Waals surface area contributed by atoms with Crippen LogP contribution in [0.5, 0.6) is 0 Å². The van der Waals surface area contributed by atoms with Gasteiger partial charge in [-0.05, 0) is 25.7 Å². The first-order chi connectivity index (χ1) is 8.77. The molecule has 2 rings (SSSR count). The first kappa shape index (κ1) is 13.8. The zero-order valence-corrected chi connectivity index (χ0v) is 11.2. The molecule has 1 atom stereocenters. The summed E-state index contributed by atoms with van der Waals surface area (Å²) in [7, 11) is 0. The van der Waals surface area contributed by atoms with E-state index in [2.05, 4.69) is 12.2 Å². The number of morpholine rings is 1. The highest BCUT2D eigenvalue weighted by Gasteiger charge is 2.22. The van der Waals surface area contributed by atoms with Crippen molar-refractivity contribution < 1.29 is 14.3 Å². The number of carbonyl (C=O) groups excluding carboxylic acids is 1. The van der Waals surface area contributed by atoms with Gasteiger partial charge in [0.05, 0.1) is 19.8 Å². The minimum atomic E-state index is 0.192. The number of hydrogen-bond donors (Lipinski definition) is 1. The van der Waals surface area contributed by atoms with Crippen LogP contribution in [-0.2, 0) is 14.3 Å². The van der Waals surface area contributed by atoms with Gasteiger partial charge in [-0.25, -0.2) is 0 Å². The lowest BCUT2D eigenvalue weighted by Crippen LogP contribution is -2.47. The van der Waals surface area contributed by atoms with Gasteiger partial charge in [-0.2, -0.15) is 0 Å². The average molecular weight is 256 g/mol. The van der Waals surface area contributed by atoms with Crippen LogP contribution in [0.3, 0.4) is 0 Å². The lowest BCUT2D eigenvalue weighted by molar-refractivity contribution is -0.134. The van der Waals surface area contributed by atoms with Crippen molar-refractivity contribution in [2.75, 3.05) is 46.1 Å². The zero-order valence-electron chi connectivity index (χ0n) is 11.2. The number of nitrogens with one attached hydrogen (secondary N) is 1. The molecule has 2 heterocycles. The fourth-order valence-electron chi connectivity index (χ4n) is 2.56. The Morgan fingerprint density at radius 2 is 1.83 bits per heavy atom. The average Bonchev–Trinajstić information content (AvgIpc) is 2.46. The lowest BCUT2D eigenvalue weighted by Gasteiger charge is -2.30. The van der Waals surface area contributed by atoms with Crippen molar-refractivity contribution >= 4 is 5.91 Å². The molecule has 0 aromatic carbocycles. The topological polar surface area (TPSA) is 50.8 Å². The Hall–Kier alpha value is -0.650. The van der Waals surface area contributed by atoms with Gasteiger partial charge in [0.1, 0.15) is 0 Å². The summed E-state index contributed by atoms with van der Waals surface area (Å²) in [5.74, 6) is 0.827. The first-order valence-electron chi connectivity index (χ1n) is 6.94. The van der Waals surface area contributed by atoms with Crippen LogP contribution in [0, 0.1) is 5.92 Å². The van der Waals surface area contributed by atoms with E-state index in [0.29, 0.717) is 31.7 Å². The highest BCUT2D eigenvalue weighted by Crippen LogP contribution is 2.18. The van der Waals surface area contributed by atoms with E-state index in [1.54, 1.807) is 0 Å². The van der Waals surface area contributed by atoms with Gasteiger partial charge < -0.3 is 19.7 Å². The molecule has 0 aromatic heterocycles. The summed E-state index contributed by atoms with van der Waals surface area (Å²) in [5, 5.41) is 3.36. The van der Waals surface area contributed by atoms with E-state index in [4.69, 9.17) is 9.47 Å². The van der Waals surface area contributed by atoms with Crippen LogP contribution in [0.4, 0.5) is 0 Å². The quantitative estimate of drug-likeness (QED) is 0.783. The van der Waals surface area contributed by atoms with E-state index in [1.165, 1.54) is 0 Å². The van der Waals surface area contributed by atoms with Crippen LogP contribution in [0.2, 0.25) is 0 Å². The molecule has 0 bridgehead atoms. The van der Waals surface area contributed by atoms with Crippen molar-refractivity contribution in [2.24, 2.45) is 5.92 Å². The molecule has 2 aliphatic rings. The molecular formula is C13H24N2O3. The number of rotatable bonds is 4. The predicted molar refractivity (Wildman–Crippen MR) is 68.4 cm³/mol. The number of amides is 1. The normalized spacial score (nSPS) is 23.9. The molecule has 1 unspecified atom stereocenters. The van der Waals surface area contributed by atoms with Gasteiger partial charge in [-0.1, -0.05) is 0 Å². The van der Waals surface area contributed by atoms with Gasteiger partial charge in [-0.3, -0.25) is 4.79 Å². The van der Waals surface area contributed by atoms with Crippen molar-refractivity contribution in [3.8, 4) is 0 Å². The smallest absolute Gasteiger partial charge is 0.236 e. The number of nitrogens with zero attached hydrogens (tertiary/aromatic N) is 1. The van der Waals surface area contributed by atoms with E-state index < -0.39 is 0 Å². The Morgan fingerprint density at radius 3 is 2.50 bits per heavy atom. The molecule has 5 heteroatoms. The summed E-state index contributed by atoms with van der Waals surface area (Å²) < 4.78 is 10.6. The lowest BCUT2D eigenvalue weighted by atomic mass is 9.93. The summed E-state index contributed by atoms with van der Waals surface area (Å²) in [4.78, 5) is 13.9. The standard InChI is InChI=1S/C13H24N2O3/c1-11(12-2-6-17-7-3-12)14-10-13(16)15-4-8-18-9-5-15/h11-12,14H,2-10H2,1H3. The Balaban J connectivity index is 1.67. The van der Waals surface area contributed by atoms with E-state index in [9.17, 15) is 4.79 Å². The van der Waals surface area contributed by atoms with Gasteiger partial charge >= 0.3 is 0 Å². The Bertz CT molecular complexity index is 261. The highest BCUT2D eigenvalue weighted by atomic mass is 16.5. The van der Waals surface area contributed by atoms with Gasteiger partial charge in [0.2, 0.25) is 5.91 Å². The molecule has 2 fully saturated rings. The van der Waals surface area contributed by atoms with Crippen LogP contribution >= 0.6 is 0 Å². The second-order valence-electron chi connectivity index (χ2n) is 5.11. The molecule has 18 heavy (non-hydrogen) atoms. The SMILES string of the molecule is CC(NCC(=O)N1CCOCC1)C1CCOCC1. The van der Waals surface area contributed by atoms with Crippen LogP contribution in [0.15, 0.2) is 0 Å². The molecule has 2 saturated heterocycles. The van der Waals surface area contributed by atoms with Crippen molar-refractivity contribution in [3.05, 3.63) is 0 Å². The fourth-order valence-corrected chi connectivity index (χ4v) is 2.56. The third kappa shape index (κ3) is 3.93. The minimum Gasteiger partial charge on any atom is -0.381 e. The molecule has 1 amide bonds. The maximum atomic E-state index is 12.0. The molecule has 2 aliphatic heterocycles. The van der Waals surface area contributed by atoms with Crippen molar-refractivity contribution in [2.45, 2.75) is 25.8 Å². The highest BCUT2D eigenvalue weighted by molar-refractivity contribution is 5.78. The molecule has 0 saturated carbocycles. The second kappa shape index (κ2) is 7.07. The van der Waals surface area contributed by atoms with Crippen molar-refractivity contribution in [1.29, 1.82) is 0 Å². The van der Waals surface area contributed by atoms with E-state index in [1.807, 2.05) is 4.90 Å². The van der Waals surface area contributed by atoms with E-state index in [-0.39, 0.29) is 5.91 Å².